The third kappa shape index (κ3) is 5.34. The first kappa shape index (κ1) is 19.5. The van der Waals surface area contributed by atoms with Gasteiger partial charge in [0, 0.05) is 18.8 Å². The normalized spacial score (nSPS) is 18.3. The van der Waals surface area contributed by atoms with Gasteiger partial charge >= 0.3 is 0 Å². The fraction of sp³-hybridized carbons (Fsp3) is 0.632. The smallest absolute Gasteiger partial charge is 0.193 e. The van der Waals surface area contributed by atoms with Crippen molar-refractivity contribution < 1.29 is 0 Å². The number of anilines is 1. The molecule has 5 heteroatoms. The number of guanidine groups is 1. The summed E-state index contributed by atoms with van der Waals surface area (Å²) in [7, 11) is 0. The number of hydrogen-bond acceptors (Lipinski definition) is 2. The Morgan fingerprint density at radius 1 is 1.17 bits per heavy atom. The summed E-state index contributed by atoms with van der Waals surface area (Å²) < 4.78 is 0. The predicted molar refractivity (Wildman–Crippen MR) is 113 cm³/mol. The number of aliphatic imine (C=N–C) groups is 1. The summed E-state index contributed by atoms with van der Waals surface area (Å²) in [5, 5.41) is 3.25. The van der Waals surface area contributed by atoms with Gasteiger partial charge in [-0.2, -0.15) is 0 Å². The lowest BCUT2D eigenvalue weighted by molar-refractivity contribution is 0.216. The minimum atomic E-state index is 0. The summed E-state index contributed by atoms with van der Waals surface area (Å²) >= 11 is 0. The molecule has 0 spiro atoms. The Hall–Kier alpha value is -0.820. The average molecular weight is 442 g/mol. The first-order valence-electron chi connectivity index (χ1n) is 8.93. The molecular weight excluding hydrogens is 411 g/mol. The minimum Gasteiger partial charge on any atom is -0.370 e. The molecule has 1 fully saturated rings. The van der Waals surface area contributed by atoms with Crippen molar-refractivity contribution in [3.63, 3.8) is 0 Å². The van der Waals surface area contributed by atoms with E-state index in [1.807, 2.05) is 0 Å². The molecule has 0 bridgehead atoms. The zero-order valence-electron chi connectivity index (χ0n) is 15.0. The molecular formula is C19H31IN4. The molecule has 4 nitrogen and oxygen atoms in total. The van der Waals surface area contributed by atoms with Crippen molar-refractivity contribution >= 4 is 35.6 Å². The van der Waals surface area contributed by atoms with Crippen LogP contribution in [0.3, 0.4) is 0 Å². The number of aryl methyl sites for hydroxylation is 2. The van der Waals surface area contributed by atoms with Crippen LogP contribution in [0.15, 0.2) is 23.2 Å². The van der Waals surface area contributed by atoms with E-state index < -0.39 is 0 Å². The Labute approximate surface area is 163 Å². The zero-order chi connectivity index (χ0) is 16.3. The number of nitrogens with one attached hydrogen (secondary N) is 1. The predicted octanol–water partition coefficient (Wildman–Crippen LogP) is 3.64. The number of halogens is 1. The van der Waals surface area contributed by atoms with Gasteiger partial charge in [-0.05, 0) is 73.9 Å². The first-order chi connectivity index (χ1) is 11.0. The number of fused-ring (bicyclic) bond motifs is 1. The van der Waals surface area contributed by atoms with Crippen molar-refractivity contribution in [3.05, 3.63) is 29.3 Å². The molecule has 0 unspecified atom stereocenters. The molecule has 1 aliphatic heterocycles. The molecule has 1 aromatic rings. The van der Waals surface area contributed by atoms with Gasteiger partial charge in [-0.1, -0.05) is 19.9 Å². The molecule has 2 aliphatic rings. The topological polar surface area (TPSA) is 53.6 Å². The highest BCUT2D eigenvalue weighted by Gasteiger charge is 2.23. The molecule has 0 atom stereocenters. The highest BCUT2D eigenvalue weighted by Crippen LogP contribution is 2.25. The fourth-order valence-corrected chi connectivity index (χ4v) is 3.73. The highest BCUT2D eigenvalue weighted by atomic mass is 127. The average Bonchev–Trinajstić information content (AvgIpc) is 3.15. The second-order valence-corrected chi connectivity index (χ2v) is 7.81. The van der Waals surface area contributed by atoms with Crippen LogP contribution in [0.5, 0.6) is 0 Å². The van der Waals surface area contributed by atoms with Crippen molar-refractivity contribution in [2.45, 2.75) is 46.0 Å². The zero-order valence-corrected chi connectivity index (χ0v) is 17.3. The number of likely N-dealkylation sites (tertiary alicyclic amines) is 1. The Balaban J connectivity index is 0.00000208. The van der Waals surface area contributed by atoms with Crippen LogP contribution in [0.2, 0.25) is 0 Å². The Bertz CT molecular complexity index is 577. The molecule has 24 heavy (non-hydrogen) atoms. The molecule has 0 aromatic heterocycles. The lowest BCUT2D eigenvalue weighted by Gasteiger charge is -2.28. The number of rotatable bonds is 5. The first-order valence-corrected chi connectivity index (χ1v) is 8.93. The standard InChI is InChI=1S/C19H30N4.HI/c1-19(2,14-23-10-3-4-11-23)13-21-18(20)22-17-9-8-15-6-5-7-16(15)12-17;/h8-9,12H,3-7,10-11,13-14H2,1-2H3,(H3,20,21,22);1H. The quantitative estimate of drug-likeness (QED) is 0.416. The maximum Gasteiger partial charge on any atom is 0.193 e. The van der Waals surface area contributed by atoms with Crippen LogP contribution in [-0.2, 0) is 12.8 Å². The number of benzene rings is 1. The van der Waals surface area contributed by atoms with Crippen LogP contribution >= 0.6 is 24.0 Å². The number of nitrogens with two attached hydrogens (primary N) is 1. The van der Waals surface area contributed by atoms with Crippen molar-refractivity contribution in [2.24, 2.45) is 16.1 Å². The summed E-state index contributed by atoms with van der Waals surface area (Å²) in [6.07, 6.45) is 6.34. The van der Waals surface area contributed by atoms with E-state index in [4.69, 9.17) is 5.73 Å². The van der Waals surface area contributed by atoms with Crippen LogP contribution in [0, 0.1) is 5.41 Å². The SMILES string of the molecule is CC(C)(CN=C(N)Nc1ccc2c(c1)CCC2)CN1CCCC1.I. The monoisotopic (exact) mass is 442 g/mol. The minimum absolute atomic E-state index is 0. The summed E-state index contributed by atoms with van der Waals surface area (Å²) in [5.74, 6) is 0.525. The van der Waals surface area contributed by atoms with Crippen molar-refractivity contribution in [1.82, 2.24) is 4.90 Å². The molecule has 1 aromatic carbocycles. The van der Waals surface area contributed by atoms with Crippen LogP contribution < -0.4 is 11.1 Å². The van der Waals surface area contributed by atoms with Gasteiger partial charge in [0.1, 0.15) is 0 Å². The molecule has 3 rings (SSSR count). The number of hydrogen-bond donors (Lipinski definition) is 2. The second kappa shape index (κ2) is 8.52. The molecule has 0 saturated carbocycles. The van der Waals surface area contributed by atoms with Gasteiger partial charge in [-0.25, -0.2) is 0 Å². The van der Waals surface area contributed by atoms with Crippen molar-refractivity contribution in [1.29, 1.82) is 0 Å². The van der Waals surface area contributed by atoms with Crippen LogP contribution in [-0.4, -0.2) is 37.0 Å². The van der Waals surface area contributed by atoms with Gasteiger partial charge in [0.15, 0.2) is 5.96 Å². The Morgan fingerprint density at radius 3 is 2.62 bits per heavy atom. The van der Waals surface area contributed by atoms with E-state index in [1.165, 1.54) is 56.3 Å². The van der Waals surface area contributed by atoms with Gasteiger partial charge in [0.2, 0.25) is 0 Å². The summed E-state index contributed by atoms with van der Waals surface area (Å²) in [6, 6.07) is 6.55. The largest absolute Gasteiger partial charge is 0.370 e. The van der Waals surface area contributed by atoms with Crippen LogP contribution in [0.25, 0.3) is 0 Å². The summed E-state index contributed by atoms with van der Waals surface area (Å²) in [5.41, 5.74) is 10.3. The van der Waals surface area contributed by atoms with Crippen LogP contribution in [0.4, 0.5) is 5.69 Å². The van der Waals surface area contributed by atoms with E-state index in [0.29, 0.717) is 5.96 Å². The summed E-state index contributed by atoms with van der Waals surface area (Å²) in [4.78, 5) is 7.12. The maximum absolute atomic E-state index is 6.09. The lowest BCUT2D eigenvalue weighted by Crippen LogP contribution is -2.35. The van der Waals surface area contributed by atoms with E-state index in [1.54, 1.807) is 0 Å². The van der Waals surface area contributed by atoms with E-state index in [2.05, 4.69) is 47.3 Å². The van der Waals surface area contributed by atoms with Gasteiger partial charge in [-0.15, -0.1) is 24.0 Å². The van der Waals surface area contributed by atoms with E-state index >= 15 is 0 Å². The third-order valence-electron chi connectivity index (χ3n) is 4.90. The van der Waals surface area contributed by atoms with Gasteiger partial charge < -0.3 is 16.0 Å². The van der Waals surface area contributed by atoms with Crippen molar-refractivity contribution in [2.75, 3.05) is 31.5 Å². The molecule has 0 amide bonds. The summed E-state index contributed by atoms with van der Waals surface area (Å²) in [6.45, 7) is 8.87. The molecule has 3 N–H and O–H groups in total. The third-order valence-corrected chi connectivity index (χ3v) is 4.90. The fourth-order valence-electron chi connectivity index (χ4n) is 3.73. The van der Waals surface area contributed by atoms with E-state index in [-0.39, 0.29) is 29.4 Å². The molecule has 1 aliphatic carbocycles. The van der Waals surface area contributed by atoms with E-state index in [0.717, 1.165) is 18.8 Å². The van der Waals surface area contributed by atoms with Crippen LogP contribution in [0.1, 0.15) is 44.2 Å². The Kier molecular flexibility index (Phi) is 6.92. The second-order valence-electron chi connectivity index (χ2n) is 7.81. The number of nitrogens with zero attached hydrogens (tertiary/aromatic N) is 2. The molecule has 1 heterocycles. The highest BCUT2D eigenvalue weighted by molar-refractivity contribution is 14.0. The van der Waals surface area contributed by atoms with Crippen molar-refractivity contribution in [3.8, 4) is 0 Å². The maximum atomic E-state index is 6.09. The van der Waals surface area contributed by atoms with E-state index in [9.17, 15) is 0 Å². The Morgan fingerprint density at radius 2 is 1.88 bits per heavy atom. The van der Waals surface area contributed by atoms with Gasteiger partial charge in [0.25, 0.3) is 0 Å². The lowest BCUT2D eigenvalue weighted by atomic mass is 9.93. The molecule has 0 radical (unpaired) electrons. The van der Waals surface area contributed by atoms with Gasteiger partial charge in [-0.3, -0.25) is 4.99 Å². The molecule has 134 valence electrons. The van der Waals surface area contributed by atoms with Gasteiger partial charge in [0.05, 0.1) is 0 Å². The molecule has 1 saturated heterocycles.